The summed E-state index contributed by atoms with van der Waals surface area (Å²) in [6.07, 6.45) is 1.99. The van der Waals surface area contributed by atoms with Gasteiger partial charge in [-0.3, -0.25) is 20.0 Å². The van der Waals surface area contributed by atoms with Crippen LogP contribution >= 0.6 is 0 Å². The van der Waals surface area contributed by atoms with Gasteiger partial charge in [0.05, 0.1) is 17.1 Å². The number of imide groups is 1. The Morgan fingerprint density at radius 1 is 1.30 bits per heavy atom. The van der Waals surface area contributed by atoms with Crippen molar-refractivity contribution in [2.45, 2.75) is 58.8 Å². The number of piperidine rings is 1. The van der Waals surface area contributed by atoms with Crippen molar-refractivity contribution in [2.24, 2.45) is 0 Å². The molecule has 2 unspecified atom stereocenters. The van der Waals surface area contributed by atoms with E-state index in [4.69, 9.17) is 0 Å². The monoisotopic (exact) mass is 315 g/mol. The molecular formula is C18H25N3O2. The molecule has 1 aliphatic rings. The van der Waals surface area contributed by atoms with E-state index >= 15 is 0 Å². The summed E-state index contributed by atoms with van der Waals surface area (Å²) in [7, 11) is 0. The second kappa shape index (κ2) is 7.40. The number of nitrogens with zero attached hydrogens (tertiary/aromatic N) is 1. The van der Waals surface area contributed by atoms with Crippen molar-refractivity contribution in [3.63, 3.8) is 0 Å². The van der Waals surface area contributed by atoms with Crippen molar-refractivity contribution in [3.8, 4) is 0 Å². The lowest BCUT2D eigenvalue weighted by molar-refractivity contribution is -0.134. The molecule has 1 aromatic heterocycles. The van der Waals surface area contributed by atoms with Gasteiger partial charge in [0.15, 0.2) is 0 Å². The normalized spacial score (nSPS) is 19.0. The fraction of sp³-hybridized carbons (Fsp3) is 0.500. The van der Waals surface area contributed by atoms with E-state index in [0.29, 0.717) is 18.8 Å². The van der Waals surface area contributed by atoms with E-state index < -0.39 is 0 Å². The molecule has 1 fully saturated rings. The van der Waals surface area contributed by atoms with Gasteiger partial charge in [-0.15, -0.1) is 0 Å². The summed E-state index contributed by atoms with van der Waals surface area (Å²) in [5.41, 5.74) is 2.95. The van der Waals surface area contributed by atoms with E-state index in [1.807, 2.05) is 19.9 Å². The van der Waals surface area contributed by atoms with Crippen molar-refractivity contribution in [1.82, 2.24) is 15.5 Å². The van der Waals surface area contributed by atoms with Gasteiger partial charge in [0.25, 0.3) is 0 Å². The van der Waals surface area contributed by atoms with E-state index in [9.17, 15) is 9.59 Å². The number of carbonyl (C=O) groups is 2. The van der Waals surface area contributed by atoms with Crippen LogP contribution in [0, 0.1) is 0 Å². The number of fused-ring (bicyclic) bond motifs is 1. The molecule has 2 aromatic rings. The van der Waals surface area contributed by atoms with Crippen LogP contribution in [0.2, 0.25) is 0 Å². The predicted molar refractivity (Wildman–Crippen MR) is 91.3 cm³/mol. The standard InChI is InChI=1S/C16H19N3O2.C2H6/c1-3-9(2)10-4-5-11-13(8-10)18-19-15(11)12-6-7-14(20)17-16(12)21;1-2/h4-5,8-9,12H,3,6-7H2,1-2H3,(H,18,19)(H,17,20,21);1-2H3. The van der Waals surface area contributed by atoms with Crippen LogP contribution in [0.1, 0.15) is 70.1 Å². The molecule has 1 aromatic carbocycles. The fourth-order valence-corrected chi connectivity index (χ4v) is 2.83. The minimum absolute atomic E-state index is 0.195. The number of hydrogen-bond acceptors (Lipinski definition) is 3. The molecular weight excluding hydrogens is 290 g/mol. The highest BCUT2D eigenvalue weighted by molar-refractivity contribution is 6.02. The maximum atomic E-state index is 12.0. The van der Waals surface area contributed by atoms with Crippen LogP contribution in [0.3, 0.4) is 0 Å². The number of carbonyl (C=O) groups excluding carboxylic acids is 2. The molecule has 0 spiro atoms. The van der Waals surface area contributed by atoms with Crippen molar-refractivity contribution < 1.29 is 9.59 Å². The van der Waals surface area contributed by atoms with E-state index in [1.165, 1.54) is 5.56 Å². The summed E-state index contributed by atoms with van der Waals surface area (Å²) in [5.74, 6) is -0.255. The van der Waals surface area contributed by atoms with Crippen molar-refractivity contribution in [3.05, 3.63) is 29.5 Å². The highest BCUT2D eigenvalue weighted by Crippen LogP contribution is 2.31. The number of amides is 2. The van der Waals surface area contributed by atoms with Gasteiger partial charge < -0.3 is 0 Å². The number of rotatable bonds is 3. The smallest absolute Gasteiger partial charge is 0.235 e. The summed E-state index contributed by atoms with van der Waals surface area (Å²) in [5, 5.41) is 10.7. The van der Waals surface area contributed by atoms with Gasteiger partial charge in [0, 0.05) is 11.8 Å². The highest BCUT2D eigenvalue weighted by atomic mass is 16.2. The van der Waals surface area contributed by atoms with Crippen LogP contribution in [0.15, 0.2) is 18.2 Å². The van der Waals surface area contributed by atoms with Gasteiger partial charge in [0.2, 0.25) is 11.8 Å². The largest absolute Gasteiger partial charge is 0.296 e. The first kappa shape index (κ1) is 17.2. The topological polar surface area (TPSA) is 74.8 Å². The Balaban J connectivity index is 0.000000924. The molecule has 5 heteroatoms. The summed E-state index contributed by atoms with van der Waals surface area (Å²) < 4.78 is 0. The van der Waals surface area contributed by atoms with E-state index in [-0.39, 0.29) is 17.7 Å². The van der Waals surface area contributed by atoms with Crippen LogP contribution in [-0.4, -0.2) is 22.0 Å². The van der Waals surface area contributed by atoms with Crippen LogP contribution in [0.25, 0.3) is 10.9 Å². The van der Waals surface area contributed by atoms with Crippen LogP contribution in [0.4, 0.5) is 0 Å². The average molecular weight is 315 g/mol. The molecule has 5 nitrogen and oxygen atoms in total. The van der Waals surface area contributed by atoms with Gasteiger partial charge in [-0.2, -0.15) is 5.10 Å². The third kappa shape index (κ3) is 3.44. The maximum absolute atomic E-state index is 12.0. The first-order chi connectivity index (χ1) is 11.1. The Morgan fingerprint density at radius 2 is 2.04 bits per heavy atom. The number of hydrogen-bond donors (Lipinski definition) is 2. The zero-order chi connectivity index (χ0) is 17.0. The zero-order valence-corrected chi connectivity index (χ0v) is 14.3. The van der Waals surface area contributed by atoms with Crippen LogP contribution in [0.5, 0.6) is 0 Å². The molecule has 124 valence electrons. The van der Waals surface area contributed by atoms with Crippen molar-refractivity contribution >= 4 is 22.7 Å². The SMILES string of the molecule is CC.CCC(C)c1ccc2c(C3CCC(=O)NC3=O)[nH]nc2c1. The minimum Gasteiger partial charge on any atom is -0.296 e. The van der Waals surface area contributed by atoms with E-state index in [1.54, 1.807) is 0 Å². The van der Waals surface area contributed by atoms with Gasteiger partial charge >= 0.3 is 0 Å². The molecule has 2 amide bonds. The molecule has 2 atom stereocenters. The molecule has 0 bridgehead atoms. The fourth-order valence-electron chi connectivity index (χ4n) is 2.83. The third-order valence-electron chi connectivity index (χ3n) is 4.38. The Kier molecular flexibility index (Phi) is 5.53. The Bertz CT molecular complexity index is 705. The van der Waals surface area contributed by atoms with Crippen molar-refractivity contribution in [1.29, 1.82) is 0 Å². The first-order valence-electron chi connectivity index (χ1n) is 8.41. The molecule has 3 rings (SSSR count). The summed E-state index contributed by atoms with van der Waals surface area (Å²) in [4.78, 5) is 23.2. The van der Waals surface area contributed by atoms with Gasteiger partial charge in [-0.25, -0.2) is 0 Å². The Hall–Kier alpha value is -2.17. The highest BCUT2D eigenvalue weighted by Gasteiger charge is 2.30. The van der Waals surface area contributed by atoms with Crippen LogP contribution < -0.4 is 5.32 Å². The number of aromatic amines is 1. The molecule has 1 aliphatic heterocycles. The van der Waals surface area contributed by atoms with Crippen LogP contribution in [-0.2, 0) is 9.59 Å². The molecule has 23 heavy (non-hydrogen) atoms. The second-order valence-corrected chi connectivity index (χ2v) is 5.73. The number of nitrogens with one attached hydrogen (secondary N) is 2. The van der Waals surface area contributed by atoms with Gasteiger partial charge in [-0.05, 0) is 30.4 Å². The average Bonchev–Trinajstić information content (AvgIpc) is 2.99. The quantitative estimate of drug-likeness (QED) is 0.849. The number of aromatic nitrogens is 2. The first-order valence-corrected chi connectivity index (χ1v) is 8.41. The second-order valence-electron chi connectivity index (χ2n) is 5.73. The molecule has 2 N–H and O–H groups in total. The zero-order valence-electron chi connectivity index (χ0n) is 14.3. The molecule has 2 heterocycles. The van der Waals surface area contributed by atoms with E-state index in [2.05, 4.69) is 41.5 Å². The lowest BCUT2D eigenvalue weighted by Gasteiger charge is -2.19. The lowest BCUT2D eigenvalue weighted by Crippen LogP contribution is -2.39. The van der Waals surface area contributed by atoms with E-state index in [0.717, 1.165) is 23.0 Å². The van der Waals surface area contributed by atoms with Gasteiger partial charge in [-0.1, -0.05) is 39.8 Å². The summed E-state index contributed by atoms with van der Waals surface area (Å²) in [6.45, 7) is 8.35. The minimum atomic E-state index is -0.317. The number of benzene rings is 1. The molecule has 1 saturated heterocycles. The molecule has 0 saturated carbocycles. The molecule has 0 radical (unpaired) electrons. The number of H-pyrrole nitrogens is 1. The Labute approximate surface area is 136 Å². The summed E-state index contributed by atoms with van der Waals surface area (Å²) >= 11 is 0. The summed E-state index contributed by atoms with van der Waals surface area (Å²) in [6, 6.07) is 6.20. The third-order valence-corrected chi connectivity index (χ3v) is 4.38. The van der Waals surface area contributed by atoms with Crippen molar-refractivity contribution in [2.75, 3.05) is 0 Å². The Morgan fingerprint density at radius 3 is 2.70 bits per heavy atom. The maximum Gasteiger partial charge on any atom is 0.235 e. The molecule has 0 aliphatic carbocycles. The predicted octanol–water partition coefficient (Wildman–Crippen LogP) is 3.62. The lowest BCUT2D eigenvalue weighted by atomic mass is 9.91. The van der Waals surface area contributed by atoms with Gasteiger partial charge in [0.1, 0.15) is 0 Å².